The van der Waals surface area contributed by atoms with Crippen LogP contribution in [0.1, 0.15) is 16.7 Å². The Morgan fingerprint density at radius 2 is 1.89 bits per heavy atom. The van der Waals surface area contributed by atoms with Crippen LogP contribution >= 0.6 is 0 Å². The summed E-state index contributed by atoms with van der Waals surface area (Å²) in [5.74, 6) is 0. The molecule has 0 atom stereocenters. The number of aromatic nitrogens is 2. The maximum Gasteiger partial charge on any atom is 0.251 e. The number of aryl methyl sites for hydroxylation is 1. The lowest BCUT2D eigenvalue weighted by atomic mass is 10.1. The summed E-state index contributed by atoms with van der Waals surface area (Å²) in [6.45, 7) is 6.43. The molecule has 0 radical (unpaired) electrons. The van der Waals surface area contributed by atoms with E-state index in [1.54, 1.807) is 6.92 Å². The Labute approximate surface area is 157 Å². The number of H-pyrrole nitrogens is 1. The molecular weight excluding hydrogens is 338 g/mol. The maximum absolute atomic E-state index is 11.8. The molecule has 1 aliphatic heterocycles. The quantitative estimate of drug-likeness (QED) is 0.777. The van der Waals surface area contributed by atoms with Gasteiger partial charge in [0.15, 0.2) is 0 Å². The Bertz CT molecular complexity index is 1060. The van der Waals surface area contributed by atoms with Crippen LogP contribution in [0.3, 0.4) is 0 Å². The Morgan fingerprint density at radius 1 is 1.15 bits per heavy atom. The second kappa shape index (κ2) is 7.22. The molecule has 0 spiro atoms. The summed E-state index contributed by atoms with van der Waals surface area (Å²) in [5.41, 5.74) is 5.19. The van der Waals surface area contributed by atoms with Crippen molar-refractivity contribution < 1.29 is 0 Å². The van der Waals surface area contributed by atoms with Crippen LogP contribution in [0.5, 0.6) is 0 Å². The minimum Gasteiger partial charge on any atom is -0.369 e. The number of benzene rings is 1. The monoisotopic (exact) mass is 359 g/mol. The third-order valence-electron chi connectivity index (χ3n) is 5.07. The molecule has 0 aliphatic carbocycles. The minimum absolute atomic E-state index is 0.0579. The normalized spacial score (nSPS) is 15.0. The first-order chi connectivity index (χ1) is 13.1. The van der Waals surface area contributed by atoms with Gasteiger partial charge in [-0.2, -0.15) is 5.26 Å². The highest BCUT2D eigenvalue weighted by atomic mass is 16.1. The molecule has 3 heterocycles. The van der Waals surface area contributed by atoms with Gasteiger partial charge < -0.3 is 9.88 Å². The predicted octanol–water partition coefficient (Wildman–Crippen LogP) is 2.43. The third kappa shape index (κ3) is 3.69. The lowest BCUT2D eigenvalue weighted by molar-refractivity contribution is 0.249. The van der Waals surface area contributed by atoms with Gasteiger partial charge in [-0.15, -0.1) is 0 Å². The first kappa shape index (κ1) is 17.3. The zero-order valence-electron chi connectivity index (χ0n) is 15.3. The van der Waals surface area contributed by atoms with E-state index in [1.807, 2.05) is 42.6 Å². The van der Waals surface area contributed by atoms with Crippen LogP contribution in [-0.4, -0.2) is 41.0 Å². The van der Waals surface area contributed by atoms with Crippen LogP contribution in [0.25, 0.3) is 11.0 Å². The number of hydrogen-bond donors (Lipinski definition) is 1. The van der Waals surface area contributed by atoms with Crippen molar-refractivity contribution in [2.75, 3.05) is 31.1 Å². The third-order valence-corrected chi connectivity index (χ3v) is 5.07. The van der Waals surface area contributed by atoms with Gasteiger partial charge in [0.05, 0.1) is 22.7 Å². The Kier molecular flexibility index (Phi) is 4.61. The zero-order chi connectivity index (χ0) is 18.8. The molecule has 0 amide bonds. The maximum atomic E-state index is 11.8. The number of nitrogens with one attached hydrogen (secondary N) is 1. The predicted molar refractivity (Wildman–Crippen MR) is 106 cm³/mol. The highest BCUT2D eigenvalue weighted by molar-refractivity contribution is 5.74. The number of nitriles is 1. The highest BCUT2D eigenvalue weighted by Crippen LogP contribution is 2.18. The van der Waals surface area contributed by atoms with Gasteiger partial charge in [-0.25, -0.2) is 0 Å². The molecule has 6 nitrogen and oxygen atoms in total. The molecule has 1 fully saturated rings. The van der Waals surface area contributed by atoms with E-state index in [2.05, 4.69) is 25.8 Å². The van der Waals surface area contributed by atoms with Crippen molar-refractivity contribution in [3.8, 4) is 6.07 Å². The molecule has 136 valence electrons. The average Bonchev–Trinajstić information content (AvgIpc) is 2.70. The number of piperazine rings is 1. The molecule has 27 heavy (non-hydrogen) atoms. The smallest absolute Gasteiger partial charge is 0.251 e. The second-order valence-electron chi connectivity index (χ2n) is 6.98. The van der Waals surface area contributed by atoms with Crippen LogP contribution in [-0.2, 0) is 6.54 Å². The van der Waals surface area contributed by atoms with Crippen molar-refractivity contribution >= 4 is 16.7 Å². The van der Waals surface area contributed by atoms with E-state index in [0.29, 0.717) is 11.1 Å². The van der Waals surface area contributed by atoms with Gasteiger partial charge in [0.2, 0.25) is 0 Å². The van der Waals surface area contributed by atoms with Crippen LogP contribution < -0.4 is 10.5 Å². The Hall–Kier alpha value is -3.17. The number of rotatable bonds is 3. The van der Waals surface area contributed by atoms with E-state index in [4.69, 9.17) is 5.26 Å². The fourth-order valence-electron chi connectivity index (χ4n) is 3.48. The molecule has 1 N–H and O–H groups in total. The van der Waals surface area contributed by atoms with Crippen molar-refractivity contribution in [2.24, 2.45) is 0 Å². The highest BCUT2D eigenvalue weighted by Gasteiger charge is 2.17. The number of pyridine rings is 2. The number of nitrogens with zero attached hydrogens (tertiary/aromatic N) is 4. The van der Waals surface area contributed by atoms with Gasteiger partial charge in [-0.05, 0) is 48.9 Å². The summed E-state index contributed by atoms with van der Waals surface area (Å²) in [7, 11) is 0. The minimum atomic E-state index is -0.0579. The van der Waals surface area contributed by atoms with Gasteiger partial charge >= 0.3 is 0 Å². The van der Waals surface area contributed by atoms with Gasteiger partial charge in [-0.3, -0.25) is 14.7 Å². The molecule has 0 bridgehead atoms. The summed E-state index contributed by atoms with van der Waals surface area (Å²) >= 11 is 0. The van der Waals surface area contributed by atoms with E-state index >= 15 is 0 Å². The topological polar surface area (TPSA) is 76.0 Å². The van der Waals surface area contributed by atoms with Crippen molar-refractivity contribution in [1.29, 1.82) is 5.26 Å². The first-order valence-corrected chi connectivity index (χ1v) is 9.08. The van der Waals surface area contributed by atoms with Crippen LogP contribution in [0, 0.1) is 18.3 Å². The number of anilines is 1. The molecular formula is C21H21N5O. The lowest BCUT2D eigenvalue weighted by Crippen LogP contribution is -2.45. The van der Waals surface area contributed by atoms with Crippen molar-refractivity contribution in [1.82, 2.24) is 14.9 Å². The first-order valence-electron chi connectivity index (χ1n) is 9.08. The molecule has 0 unspecified atom stereocenters. The van der Waals surface area contributed by atoms with Gasteiger partial charge in [0.1, 0.15) is 0 Å². The number of hydrogen-bond acceptors (Lipinski definition) is 5. The van der Waals surface area contributed by atoms with E-state index in [-0.39, 0.29) is 5.56 Å². The standard InChI is InChI=1S/C21H21N5O/c1-15-10-19-20(24-21(15)27)11-17(13-23-19)14-25-6-8-26(9-7-25)18-4-2-16(12-22)3-5-18/h2-5,10-11,13H,6-9,14H2,1H3,(H,24,27). The fourth-order valence-corrected chi connectivity index (χ4v) is 3.48. The average molecular weight is 359 g/mol. The SMILES string of the molecule is Cc1cc2ncc(CN3CCN(c4ccc(C#N)cc4)CC3)cc2[nH]c1=O. The van der Waals surface area contributed by atoms with Crippen molar-refractivity contribution in [2.45, 2.75) is 13.5 Å². The largest absolute Gasteiger partial charge is 0.369 e. The lowest BCUT2D eigenvalue weighted by Gasteiger charge is -2.36. The summed E-state index contributed by atoms with van der Waals surface area (Å²) < 4.78 is 0. The Morgan fingerprint density at radius 3 is 2.59 bits per heavy atom. The van der Waals surface area contributed by atoms with Crippen LogP contribution in [0.4, 0.5) is 5.69 Å². The summed E-state index contributed by atoms with van der Waals surface area (Å²) in [4.78, 5) is 24.0. The van der Waals surface area contributed by atoms with Crippen LogP contribution in [0.2, 0.25) is 0 Å². The number of aromatic amines is 1. The molecule has 1 aromatic carbocycles. The molecule has 2 aromatic heterocycles. The van der Waals surface area contributed by atoms with Gasteiger partial charge in [-0.1, -0.05) is 0 Å². The summed E-state index contributed by atoms with van der Waals surface area (Å²) in [6.07, 6.45) is 1.90. The second-order valence-corrected chi connectivity index (χ2v) is 6.98. The molecule has 1 aliphatic rings. The molecule has 4 rings (SSSR count). The van der Waals surface area contributed by atoms with Crippen LogP contribution in [0.15, 0.2) is 47.4 Å². The van der Waals surface area contributed by atoms with Crippen molar-refractivity contribution in [3.63, 3.8) is 0 Å². The molecule has 6 heteroatoms. The van der Waals surface area contributed by atoms with Gasteiger partial charge in [0, 0.05) is 50.2 Å². The summed E-state index contributed by atoms with van der Waals surface area (Å²) in [6, 6.07) is 13.8. The molecule has 0 saturated carbocycles. The fraction of sp³-hybridized carbons (Fsp3) is 0.286. The Balaban J connectivity index is 1.41. The summed E-state index contributed by atoms with van der Waals surface area (Å²) in [5, 5.41) is 8.91. The zero-order valence-corrected chi connectivity index (χ0v) is 15.3. The number of fused-ring (bicyclic) bond motifs is 1. The molecule has 3 aromatic rings. The van der Waals surface area contributed by atoms with Crippen molar-refractivity contribution in [3.05, 3.63) is 69.6 Å². The molecule has 1 saturated heterocycles. The van der Waals surface area contributed by atoms with E-state index in [0.717, 1.165) is 55.0 Å². The van der Waals surface area contributed by atoms with Gasteiger partial charge in [0.25, 0.3) is 5.56 Å². The van der Waals surface area contributed by atoms with E-state index < -0.39 is 0 Å². The van der Waals surface area contributed by atoms with E-state index in [1.165, 1.54) is 0 Å². The van der Waals surface area contributed by atoms with E-state index in [9.17, 15) is 4.79 Å².